The minimum Gasteiger partial charge on any atom is -0.494 e. The Hall–Kier alpha value is -1.56. The molecule has 4 nitrogen and oxygen atoms in total. The number of ether oxygens (including phenoxy) is 1. The number of carbonyl (C=O) groups is 2. The van der Waals surface area contributed by atoms with Gasteiger partial charge in [0.05, 0.1) is 18.1 Å². The zero-order valence-electron chi connectivity index (χ0n) is 10.4. The third kappa shape index (κ3) is 3.47. The predicted molar refractivity (Wildman–Crippen MR) is 70.7 cm³/mol. The molecule has 6 heteroatoms. The van der Waals surface area contributed by atoms with E-state index in [1.54, 1.807) is 12.1 Å². The van der Waals surface area contributed by atoms with Crippen LogP contribution < -0.4 is 10.1 Å². The van der Waals surface area contributed by atoms with Crippen LogP contribution in [0.4, 0.5) is 4.39 Å². The van der Waals surface area contributed by atoms with E-state index in [0.717, 1.165) is 5.56 Å². The van der Waals surface area contributed by atoms with E-state index in [2.05, 4.69) is 5.32 Å². The van der Waals surface area contributed by atoms with Gasteiger partial charge in [0.2, 0.25) is 5.91 Å². The number of nitrogens with one attached hydrogen (secondary N) is 1. The summed E-state index contributed by atoms with van der Waals surface area (Å²) in [7, 11) is 1.39. The topological polar surface area (TPSA) is 55.4 Å². The fraction of sp³-hybridized carbons (Fsp3) is 0.385. The van der Waals surface area contributed by atoms with Crippen LogP contribution in [-0.4, -0.2) is 29.8 Å². The smallest absolute Gasteiger partial charge is 0.233 e. The number of Topliss-reactive ketones (excluding diaryl/α,β-unsaturated/α-hetero) is 1. The van der Waals surface area contributed by atoms with Crippen LogP contribution in [0.3, 0.4) is 0 Å². The number of ketones is 1. The fourth-order valence-corrected chi connectivity index (χ4v) is 2.85. The van der Waals surface area contributed by atoms with Crippen LogP contribution in [0.15, 0.2) is 18.2 Å². The first-order valence-corrected chi connectivity index (χ1v) is 6.88. The normalized spacial score (nSPS) is 18.4. The van der Waals surface area contributed by atoms with Crippen LogP contribution in [0.5, 0.6) is 5.75 Å². The Kier molecular flexibility index (Phi) is 4.42. The van der Waals surface area contributed by atoms with Gasteiger partial charge in [-0.2, -0.15) is 0 Å². The Labute approximate surface area is 114 Å². The number of hydrogen-bond donors (Lipinski definition) is 1. The lowest BCUT2D eigenvalue weighted by molar-refractivity contribution is -0.123. The molecule has 1 aromatic rings. The molecule has 0 bridgehead atoms. The molecular weight excluding hydrogens is 269 g/mol. The molecule has 0 saturated carbocycles. The maximum Gasteiger partial charge on any atom is 0.233 e. The molecule has 1 aliphatic rings. The first-order valence-electron chi connectivity index (χ1n) is 5.83. The van der Waals surface area contributed by atoms with Crippen molar-refractivity contribution in [1.29, 1.82) is 0 Å². The number of carbonyl (C=O) groups excluding carboxylic acids is 2. The average molecular weight is 283 g/mol. The van der Waals surface area contributed by atoms with Crippen molar-refractivity contribution < 1.29 is 18.7 Å². The van der Waals surface area contributed by atoms with Gasteiger partial charge in [0.1, 0.15) is 5.78 Å². The van der Waals surface area contributed by atoms with Gasteiger partial charge in [0.15, 0.2) is 11.6 Å². The molecule has 1 aliphatic heterocycles. The lowest BCUT2D eigenvalue weighted by atomic mass is 10.2. The van der Waals surface area contributed by atoms with Crippen LogP contribution in [0.1, 0.15) is 12.0 Å². The van der Waals surface area contributed by atoms with Gasteiger partial charge in [-0.15, -0.1) is 11.8 Å². The van der Waals surface area contributed by atoms with Crippen LogP contribution in [0.2, 0.25) is 0 Å². The summed E-state index contributed by atoms with van der Waals surface area (Å²) in [5.74, 6) is 0.0714. The molecule has 1 fully saturated rings. The molecule has 1 atom stereocenters. The van der Waals surface area contributed by atoms with Crippen LogP contribution in [-0.2, 0) is 16.1 Å². The van der Waals surface area contributed by atoms with Crippen molar-refractivity contribution >= 4 is 23.5 Å². The molecule has 1 amide bonds. The molecule has 1 N–H and O–H groups in total. The highest BCUT2D eigenvalue weighted by Gasteiger charge is 2.28. The van der Waals surface area contributed by atoms with E-state index in [4.69, 9.17) is 4.74 Å². The molecule has 1 unspecified atom stereocenters. The second kappa shape index (κ2) is 6.06. The van der Waals surface area contributed by atoms with Crippen molar-refractivity contribution in [3.05, 3.63) is 29.6 Å². The van der Waals surface area contributed by atoms with Crippen molar-refractivity contribution in [1.82, 2.24) is 5.32 Å². The summed E-state index contributed by atoms with van der Waals surface area (Å²) in [6, 6.07) is 4.43. The number of amides is 1. The summed E-state index contributed by atoms with van der Waals surface area (Å²) < 4.78 is 18.1. The monoisotopic (exact) mass is 283 g/mol. The van der Waals surface area contributed by atoms with E-state index in [1.165, 1.54) is 24.9 Å². The number of halogens is 1. The number of benzene rings is 1. The molecule has 102 valence electrons. The SMILES string of the molecule is COc1cc(CNC(=O)C2CC(=O)CS2)ccc1F. The van der Waals surface area contributed by atoms with E-state index >= 15 is 0 Å². The molecule has 1 heterocycles. The molecule has 0 aliphatic carbocycles. The van der Waals surface area contributed by atoms with Crippen molar-refractivity contribution in [3.63, 3.8) is 0 Å². The standard InChI is InChI=1S/C13H14FNO3S/c1-18-11-4-8(2-3-10(11)14)6-15-13(17)12-5-9(16)7-19-12/h2-4,12H,5-7H2,1H3,(H,15,17). The fourth-order valence-electron chi connectivity index (χ4n) is 1.80. The minimum atomic E-state index is -0.436. The molecule has 1 saturated heterocycles. The lowest BCUT2D eigenvalue weighted by Crippen LogP contribution is -2.31. The summed E-state index contributed by atoms with van der Waals surface area (Å²) >= 11 is 1.36. The highest BCUT2D eigenvalue weighted by molar-refractivity contribution is 8.01. The number of rotatable bonds is 4. The summed E-state index contributed by atoms with van der Waals surface area (Å²) in [4.78, 5) is 22.9. The van der Waals surface area contributed by atoms with Gasteiger partial charge in [-0.05, 0) is 17.7 Å². The van der Waals surface area contributed by atoms with Crippen molar-refractivity contribution in [3.8, 4) is 5.75 Å². The van der Waals surface area contributed by atoms with E-state index in [-0.39, 0.29) is 22.7 Å². The summed E-state index contributed by atoms with van der Waals surface area (Å²) in [5.41, 5.74) is 0.751. The Morgan fingerprint density at radius 3 is 3.00 bits per heavy atom. The van der Waals surface area contributed by atoms with E-state index < -0.39 is 5.82 Å². The van der Waals surface area contributed by atoms with Crippen molar-refractivity contribution in [2.45, 2.75) is 18.2 Å². The van der Waals surface area contributed by atoms with Gasteiger partial charge < -0.3 is 10.1 Å². The Morgan fingerprint density at radius 1 is 1.58 bits per heavy atom. The quantitative estimate of drug-likeness (QED) is 0.910. The zero-order valence-corrected chi connectivity index (χ0v) is 11.3. The second-order valence-electron chi connectivity index (χ2n) is 4.23. The first kappa shape index (κ1) is 13.9. The molecule has 0 radical (unpaired) electrons. The van der Waals surface area contributed by atoms with E-state index in [1.807, 2.05) is 0 Å². The Bertz CT molecular complexity index is 507. The zero-order chi connectivity index (χ0) is 13.8. The molecule has 19 heavy (non-hydrogen) atoms. The molecule has 1 aromatic carbocycles. The second-order valence-corrected chi connectivity index (χ2v) is 5.42. The Balaban J connectivity index is 1.91. The van der Waals surface area contributed by atoms with Gasteiger partial charge in [0.25, 0.3) is 0 Å². The van der Waals surface area contributed by atoms with Gasteiger partial charge >= 0.3 is 0 Å². The predicted octanol–water partition coefficient (Wildman–Crippen LogP) is 1.53. The minimum absolute atomic E-state index is 0.105. The molecule has 0 aromatic heterocycles. The summed E-state index contributed by atoms with van der Waals surface area (Å²) in [6.45, 7) is 0.292. The van der Waals surface area contributed by atoms with E-state index in [0.29, 0.717) is 18.7 Å². The highest BCUT2D eigenvalue weighted by atomic mass is 32.2. The van der Waals surface area contributed by atoms with Gasteiger partial charge in [-0.3, -0.25) is 9.59 Å². The van der Waals surface area contributed by atoms with Crippen LogP contribution >= 0.6 is 11.8 Å². The van der Waals surface area contributed by atoms with Crippen molar-refractivity contribution in [2.75, 3.05) is 12.9 Å². The molecular formula is C13H14FNO3S. The van der Waals surface area contributed by atoms with E-state index in [9.17, 15) is 14.0 Å². The molecule has 0 spiro atoms. The maximum absolute atomic E-state index is 13.2. The third-order valence-corrected chi connectivity index (χ3v) is 4.11. The van der Waals surface area contributed by atoms with Crippen molar-refractivity contribution in [2.24, 2.45) is 0 Å². The van der Waals surface area contributed by atoms with Gasteiger partial charge in [-0.25, -0.2) is 4.39 Å². The highest BCUT2D eigenvalue weighted by Crippen LogP contribution is 2.24. The van der Waals surface area contributed by atoms with Crippen LogP contribution in [0.25, 0.3) is 0 Å². The van der Waals surface area contributed by atoms with Crippen LogP contribution in [0, 0.1) is 5.82 Å². The Morgan fingerprint density at radius 2 is 2.37 bits per heavy atom. The third-order valence-electron chi connectivity index (χ3n) is 2.83. The summed E-state index contributed by atoms with van der Waals surface area (Å²) in [6.07, 6.45) is 0.295. The number of methoxy groups -OCH3 is 1. The maximum atomic E-state index is 13.2. The number of hydrogen-bond acceptors (Lipinski definition) is 4. The number of thioether (sulfide) groups is 1. The molecule has 2 rings (SSSR count). The summed E-state index contributed by atoms with van der Waals surface area (Å²) in [5, 5.41) is 2.45. The van der Waals surface area contributed by atoms with Gasteiger partial charge in [-0.1, -0.05) is 6.07 Å². The average Bonchev–Trinajstić information content (AvgIpc) is 2.84. The van der Waals surface area contributed by atoms with Gasteiger partial charge in [0, 0.05) is 13.0 Å². The largest absolute Gasteiger partial charge is 0.494 e. The lowest BCUT2D eigenvalue weighted by Gasteiger charge is -2.10. The first-order chi connectivity index (χ1) is 9.10.